The van der Waals surface area contributed by atoms with Crippen LogP contribution in [0.5, 0.6) is 0 Å². The van der Waals surface area contributed by atoms with E-state index in [9.17, 15) is 5.11 Å². The lowest BCUT2D eigenvalue weighted by atomic mass is 9.95. The molecule has 0 fully saturated rings. The van der Waals surface area contributed by atoms with E-state index >= 15 is 0 Å². The number of rotatable bonds is 3. The van der Waals surface area contributed by atoms with Gasteiger partial charge in [-0.2, -0.15) is 0 Å². The first-order valence-corrected chi connectivity index (χ1v) is 8.07. The van der Waals surface area contributed by atoms with Crippen LogP contribution in [0.15, 0.2) is 71.7 Å². The molecular weight excluding hydrogens is 300 g/mol. The summed E-state index contributed by atoms with van der Waals surface area (Å²) in [5, 5.41) is 11.8. The third-order valence-corrected chi connectivity index (χ3v) is 4.91. The first-order chi connectivity index (χ1) is 11.8. The highest BCUT2D eigenvalue weighted by molar-refractivity contribution is 5.77. The third-order valence-electron chi connectivity index (χ3n) is 4.91. The molecule has 3 heterocycles. The number of furan rings is 1. The van der Waals surface area contributed by atoms with E-state index in [1.165, 1.54) is 11.1 Å². The van der Waals surface area contributed by atoms with Crippen LogP contribution in [0.4, 0.5) is 0 Å². The van der Waals surface area contributed by atoms with E-state index in [0.717, 1.165) is 22.2 Å². The Balaban J connectivity index is 1.51. The Labute approximate surface area is 139 Å². The molecule has 0 radical (unpaired) electrons. The van der Waals surface area contributed by atoms with E-state index < -0.39 is 6.10 Å². The fourth-order valence-electron chi connectivity index (χ4n) is 3.71. The lowest BCUT2D eigenvalue weighted by Gasteiger charge is -2.19. The summed E-state index contributed by atoms with van der Waals surface area (Å²) in [5.74, 6) is 0. The Morgan fingerprint density at radius 1 is 1.17 bits per heavy atom. The second-order valence-corrected chi connectivity index (χ2v) is 6.26. The number of hydrogen-bond acceptors (Lipinski definition) is 3. The van der Waals surface area contributed by atoms with Crippen LogP contribution in [-0.4, -0.2) is 14.7 Å². The third kappa shape index (κ3) is 1.93. The molecule has 118 valence electrons. The van der Waals surface area contributed by atoms with Crippen LogP contribution in [0.1, 0.15) is 29.7 Å². The van der Waals surface area contributed by atoms with Gasteiger partial charge in [0.15, 0.2) is 0 Å². The summed E-state index contributed by atoms with van der Waals surface area (Å²) < 4.78 is 7.53. The van der Waals surface area contributed by atoms with Gasteiger partial charge in [-0.25, -0.2) is 4.98 Å². The summed E-state index contributed by atoms with van der Waals surface area (Å²) >= 11 is 0. The molecule has 4 heteroatoms. The van der Waals surface area contributed by atoms with Crippen molar-refractivity contribution >= 4 is 11.0 Å². The molecule has 4 nitrogen and oxygen atoms in total. The van der Waals surface area contributed by atoms with Gasteiger partial charge in [0.2, 0.25) is 0 Å². The van der Waals surface area contributed by atoms with Crippen molar-refractivity contribution in [2.45, 2.75) is 18.6 Å². The van der Waals surface area contributed by atoms with Gasteiger partial charge >= 0.3 is 0 Å². The molecule has 2 unspecified atom stereocenters. The molecule has 2 aromatic carbocycles. The molecule has 2 aromatic heterocycles. The second kappa shape index (κ2) is 5.08. The number of fused-ring (bicyclic) bond motifs is 4. The largest absolute Gasteiger partial charge is 0.464 e. The molecule has 0 amide bonds. The highest BCUT2D eigenvalue weighted by atomic mass is 16.3. The summed E-state index contributed by atoms with van der Waals surface area (Å²) in [4.78, 5) is 4.28. The summed E-state index contributed by atoms with van der Waals surface area (Å²) in [5.41, 5.74) is 5.33. The monoisotopic (exact) mass is 316 g/mol. The van der Waals surface area contributed by atoms with Crippen LogP contribution >= 0.6 is 0 Å². The Hall–Kier alpha value is -2.85. The van der Waals surface area contributed by atoms with Crippen LogP contribution in [0.3, 0.4) is 0 Å². The van der Waals surface area contributed by atoms with Crippen molar-refractivity contribution in [2.24, 2.45) is 0 Å². The fraction of sp³-hybridized carbons (Fsp3) is 0.150. The molecule has 1 aliphatic rings. The number of nitrogens with zero attached hydrogens (tertiary/aromatic N) is 2. The van der Waals surface area contributed by atoms with Gasteiger partial charge in [0, 0.05) is 17.4 Å². The van der Waals surface area contributed by atoms with Gasteiger partial charge in [0.05, 0.1) is 36.6 Å². The van der Waals surface area contributed by atoms with Crippen molar-refractivity contribution < 1.29 is 9.52 Å². The van der Waals surface area contributed by atoms with Gasteiger partial charge in [0.1, 0.15) is 5.58 Å². The van der Waals surface area contributed by atoms with Gasteiger partial charge in [-0.3, -0.25) is 0 Å². The van der Waals surface area contributed by atoms with Crippen molar-refractivity contribution in [3.63, 3.8) is 0 Å². The van der Waals surface area contributed by atoms with Crippen molar-refractivity contribution in [3.05, 3.63) is 78.4 Å². The zero-order valence-electron chi connectivity index (χ0n) is 13.0. The average Bonchev–Trinajstić information content (AvgIpc) is 3.31. The zero-order chi connectivity index (χ0) is 16.1. The predicted octanol–water partition coefficient (Wildman–Crippen LogP) is 4.32. The summed E-state index contributed by atoms with van der Waals surface area (Å²) in [7, 11) is 0. The van der Waals surface area contributed by atoms with E-state index in [-0.39, 0.29) is 6.04 Å². The minimum Gasteiger partial charge on any atom is -0.464 e. The Bertz CT molecular complexity index is 1030. The molecule has 0 saturated heterocycles. The lowest BCUT2D eigenvalue weighted by Crippen LogP contribution is -2.10. The first-order valence-electron chi connectivity index (χ1n) is 8.07. The number of aliphatic hydroxyl groups excluding tert-OH is 1. The van der Waals surface area contributed by atoms with Crippen LogP contribution in [0.25, 0.3) is 22.2 Å². The molecule has 0 spiro atoms. The maximum atomic E-state index is 10.8. The number of aromatic nitrogens is 2. The maximum Gasteiger partial charge on any atom is 0.133 e. The smallest absolute Gasteiger partial charge is 0.133 e. The zero-order valence-corrected chi connectivity index (χ0v) is 13.0. The Morgan fingerprint density at radius 2 is 2.08 bits per heavy atom. The molecule has 24 heavy (non-hydrogen) atoms. The number of aliphatic hydroxyl groups is 1. The highest BCUT2D eigenvalue weighted by Crippen LogP contribution is 2.43. The summed E-state index contributed by atoms with van der Waals surface area (Å²) in [6, 6.07) is 16.2. The molecule has 0 aliphatic carbocycles. The SMILES string of the molecule is OC(CC1c2ccccc2-c2cncn21)c1ccc2occc2c1. The van der Waals surface area contributed by atoms with Gasteiger partial charge in [-0.15, -0.1) is 0 Å². The van der Waals surface area contributed by atoms with Crippen molar-refractivity contribution in [1.82, 2.24) is 9.55 Å². The number of hydrogen-bond donors (Lipinski definition) is 1. The van der Waals surface area contributed by atoms with Crippen LogP contribution in [0, 0.1) is 0 Å². The van der Waals surface area contributed by atoms with Gasteiger partial charge < -0.3 is 14.1 Å². The number of benzene rings is 2. The van der Waals surface area contributed by atoms with Gasteiger partial charge in [-0.1, -0.05) is 30.3 Å². The standard InChI is InChI=1S/C20H16N2O2/c23-19(13-5-6-20-14(9-13)7-8-24-20)10-17-15-3-1-2-4-16(15)18-11-21-12-22(17)18/h1-9,11-12,17,19,23H,10H2. The minimum absolute atomic E-state index is 0.105. The maximum absolute atomic E-state index is 10.8. The van der Waals surface area contributed by atoms with Crippen molar-refractivity contribution in [1.29, 1.82) is 0 Å². The Morgan fingerprint density at radius 3 is 3.04 bits per heavy atom. The topological polar surface area (TPSA) is 51.2 Å². The van der Waals surface area contributed by atoms with Gasteiger partial charge in [0.25, 0.3) is 0 Å². The van der Waals surface area contributed by atoms with E-state index in [1.807, 2.05) is 42.9 Å². The summed E-state index contributed by atoms with van der Waals surface area (Å²) in [6.07, 6.45) is 5.49. The normalized spacial score (nSPS) is 17.0. The van der Waals surface area contributed by atoms with E-state index in [4.69, 9.17) is 4.42 Å². The van der Waals surface area contributed by atoms with E-state index in [1.54, 1.807) is 6.26 Å². The predicted molar refractivity (Wildman–Crippen MR) is 91.6 cm³/mol. The molecule has 0 saturated carbocycles. The fourth-order valence-corrected chi connectivity index (χ4v) is 3.71. The lowest BCUT2D eigenvalue weighted by molar-refractivity contribution is 0.154. The van der Waals surface area contributed by atoms with E-state index in [2.05, 4.69) is 27.8 Å². The van der Waals surface area contributed by atoms with Crippen LogP contribution in [0.2, 0.25) is 0 Å². The molecule has 1 aliphatic heterocycles. The van der Waals surface area contributed by atoms with Gasteiger partial charge in [-0.05, 0) is 29.3 Å². The molecule has 4 aromatic rings. The van der Waals surface area contributed by atoms with Crippen molar-refractivity contribution in [3.8, 4) is 11.3 Å². The van der Waals surface area contributed by atoms with Crippen molar-refractivity contribution in [2.75, 3.05) is 0 Å². The van der Waals surface area contributed by atoms with E-state index in [0.29, 0.717) is 6.42 Å². The minimum atomic E-state index is -0.546. The molecule has 0 bridgehead atoms. The highest BCUT2D eigenvalue weighted by Gasteiger charge is 2.30. The second-order valence-electron chi connectivity index (χ2n) is 6.26. The number of imidazole rings is 1. The van der Waals surface area contributed by atoms with Crippen LogP contribution in [-0.2, 0) is 0 Å². The molecular formula is C20H16N2O2. The molecule has 1 N–H and O–H groups in total. The Kier molecular flexibility index (Phi) is 2.87. The first kappa shape index (κ1) is 13.6. The summed E-state index contributed by atoms with van der Waals surface area (Å²) in [6.45, 7) is 0. The molecule has 2 atom stereocenters. The molecule has 5 rings (SSSR count). The van der Waals surface area contributed by atoms with Crippen LogP contribution < -0.4 is 0 Å². The average molecular weight is 316 g/mol. The quantitative estimate of drug-likeness (QED) is 0.612.